The first-order chi connectivity index (χ1) is 15.0. The number of fused-ring (bicyclic) bond motifs is 1. The summed E-state index contributed by atoms with van der Waals surface area (Å²) in [6, 6.07) is 11.6. The number of H-pyrrole nitrogens is 1. The topological polar surface area (TPSA) is 99.3 Å². The van der Waals surface area contributed by atoms with Crippen molar-refractivity contribution in [3.05, 3.63) is 59.7 Å². The van der Waals surface area contributed by atoms with Gasteiger partial charge >= 0.3 is 6.03 Å². The van der Waals surface area contributed by atoms with E-state index in [1.54, 1.807) is 12.1 Å². The van der Waals surface area contributed by atoms with Gasteiger partial charge in [-0.05, 0) is 55.5 Å². The number of para-hydroxylation sites is 2. The number of urea groups is 1. The number of aromatic amines is 1. The van der Waals surface area contributed by atoms with Crippen LogP contribution in [-0.2, 0) is 6.42 Å². The molecule has 0 saturated heterocycles. The second-order valence-corrected chi connectivity index (χ2v) is 7.99. The zero-order valence-corrected chi connectivity index (χ0v) is 17.4. The van der Waals surface area contributed by atoms with Crippen LogP contribution in [0.15, 0.2) is 42.5 Å². The number of nitrogens with zero attached hydrogens (tertiary/aromatic N) is 1. The third kappa shape index (κ3) is 5.14. The molecule has 1 atom stereocenters. The molecule has 1 aromatic heterocycles. The highest BCUT2D eigenvalue weighted by Crippen LogP contribution is 2.24. The van der Waals surface area contributed by atoms with Gasteiger partial charge in [-0.2, -0.15) is 0 Å². The van der Waals surface area contributed by atoms with Gasteiger partial charge in [0.1, 0.15) is 5.82 Å². The zero-order valence-electron chi connectivity index (χ0n) is 17.4. The van der Waals surface area contributed by atoms with Crippen molar-refractivity contribution in [2.45, 2.75) is 50.3 Å². The van der Waals surface area contributed by atoms with Crippen LogP contribution in [0.3, 0.4) is 0 Å². The number of carbonyl (C=O) groups is 1. The highest BCUT2D eigenvalue weighted by Gasteiger charge is 2.24. The molecule has 1 heterocycles. The first-order valence-corrected chi connectivity index (χ1v) is 10.5. The van der Waals surface area contributed by atoms with E-state index < -0.39 is 11.9 Å². The predicted octanol–water partition coefficient (Wildman–Crippen LogP) is 3.60. The van der Waals surface area contributed by atoms with Crippen LogP contribution in [0.2, 0.25) is 0 Å². The van der Waals surface area contributed by atoms with E-state index >= 15 is 0 Å². The number of ether oxygens (including phenoxy) is 1. The molecule has 1 aliphatic carbocycles. The van der Waals surface area contributed by atoms with Gasteiger partial charge in [0.15, 0.2) is 11.6 Å². The van der Waals surface area contributed by atoms with E-state index in [2.05, 4.69) is 20.6 Å². The fraction of sp³-hybridized carbons (Fsp3) is 0.391. The van der Waals surface area contributed by atoms with Crippen molar-refractivity contribution in [2.75, 3.05) is 7.11 Å². The lowest BCUT2D eigenvalue weighted by Gasteiger charge is -2.27. The number of nitrogens with one attached hydrogen (secondary N) is 3. The molecule has 3 aromatic rings. The van der Waals surface area contributed by atoms with Crippen LogP contribution in [0.4, 0.5) is 9.18 Å². The number of hydrogen-bond donors (Lipinski definition) is 4. The van der Waals surface area contributed by atoms with Crippen LogP contribution in [-0.4, -0.2) is 40.4 Å². The molecular formula is C23H27FN4O3. The van der Waals surface area contributed by atoms with Crippen LogP contribution < -0.4 is 15.4 Å². The molecule has 164 valence electrons. The van der Waals surface area contributed by atoms with Crippen molar-refractivity contribution >= 4 is 17.1 Å². The minimum atomic E-state index is -0.477. The van der Waals surface area contributed by atoms with Gasteiger partial charge in [-0.1, -0.05) is 18.2 Å². The first-order valence-electron chi connectivity index (χ1n) is 10.5. The van der Waals surface area contributed by atoms with Gasteiger partial charge in [0.2, 0.25) is 0 Å². The molecule has 1 fully saturated rings. The van der Waals surface area contributed by atoms with Crippen molar-refractivity contribution in [3.63, 3.8) is 0 Å². The lowest BCUT2D eigenvalue weighted by atomic mass is 9.93. The molecule has 1 aliphatic rings. The number of carbonyl (C=O) groups excluding carboxylic acids is 1. The van der Waals surface area contributed by atoms with Crippen LogP contribution in [0.1, 0.15) is 43.1 Å². The van der Waals surface area contributed by atoms with Gasteiger partial charge in [-0.25, -0.2) is 14.2 Å². The average Bonchev–Trinajstić information content (AvgIpc) is 3.19. The number of aliphatic hydroxyl groups excluding tert-OH is 1. The molecule has 1 unspecified atom stereocenters. The Bertz CT molecular complexity index is 1010. The maximum atomic E-state index is 14.2. The molecule has 2 aromatic carbocycles. The Hall–Kier alpha value is -3.13. The third-order valence-electron chi connectivity index (χ3n) is 5.73. The lowest BCUT2D eigenvalue weighted by Crippen LogP contribution is -2.45. The molecule has 31 heavy (non-hydrogen) atoms. The number of halogens is 1. The summed E-state index contributed by atoms with van der Waals surface area (Å²) in [5.74, 6) is 0.328. The van der Waals surface area contributed by atoms with Gasteiger partial charge in [0.05, 0.1) is 30.3 Å². The van der Waals surface area contributed by atoms with Gasteiger partial charge < -0.3 is 25.5 Å². The molecule has 2 amide bonds. The summed E-state index contributed by atoms with van der Waals surface area (Å²) in [5.41, 5.74) is 2.38. The molecule has 0 radical (unpaired) electrons. The summed E-state index contributed by atoms with van der Waals surface area (Å²) in [4.78, 5) is 20.6. The Morgan fingerprint density at radius 1 is 1.26 bits per heavy atom. The van der Waals surface area contributed by atoms with E-state index in [1.807, 2.05) is 24.3 Å². The summed E-state index contributed by atoms with van der Waals surface area (Å²) in [5, 5.41) is 15.6. The fourth-order valence-electron chi connectivity index (χ4n) is 4.03. The molecular weight excluding hydrogens is 399 g/mol. The van der Waals surface area contributed by atoms with Crippen molar-refractivity contribution in [1.82, 2.24) is 20.6 Å². The summed E-state index contributed by atoms with van der Waals surface area (Å²) in [6.45, 7) is 0. The summed E-state index contributed by atoms with van der Waals surface area (Å²) < 4.78 is 19.2. The summed E-state index contributed by atoms with van der Waals surface area (Å²) in [7, 11) is 1.42. The normalized spacial score (nSPS) is 19.7. The smallest absolute Gasteiger partial charge is 0.315 e. The molecule has 7 nitrogen and oxygen atoms in total. The van der Waals surface area contributed by atoms with E-state index in [0.29, 0.717) is 30.7 Å². The number of methoxy groups -OCH3 is 1. The monoisotopic (exact) mass is 426 g/mol. The lowest BCUT2D eigenvalue weighted by molar-refractivity contribution is 0.117. The third-order valence-corrected chi connectivity index (χ3v) is 5.73. The highest BCUT2D eigenvalue weighted by molar-refractivity contribution is 5.76. The highest BCUT2D eigenvalue weighted by atomic mass is 19.1. The standard InChI is InChI=1S/C23H27FN4O3/c1-31-21-11-6-14(12-17(21)24)13-20(22-26-18-4-2-3-5-19(18)27-22)28-23(30)25-15-7-9-16(29)10-8-15/h2-6,11-12,15-16,20,29H,7-10,13H2,1H3,(H,26,27)(H2,25,28,30). The first kappa shape index (κ1) is 21.1. The van der Waals surface area contributed by atoms with Crippen molar-refractivity contribution in [2.24, 2.45) is 0 Å². The SMILES string of the molecule is COc1ccc(CC(NC(=O)NC2CCC(O)CC2)c2nc3ccccc3[nH]2)cc1F. The van der Waals surface area contributed by atoms with Gasteiger partial charge in [0.25, 0.3) is 0 Å². The van der Waals surface area contributed by atoms with Crippen LogP contribution in [0.25, 0.3) is 11.0 Å². The van der Waals surface area contributed by atoms with E-state index in [9.17, 15) is 14.3 Å². The number of aromatic nitrogens is 2. The Labute approximate surface area is 180 Å². The number of benzene rings is 2. The van der Waals surface area contributed by atoms with Gasteiger partial charge in [-0.15, -0.1) is 0 Å². The zero-order chi connectivity index (χ0) is 21.8. The molecule has 1 saturated carbocycles. The molecule has 0 spiro atoms. The molecule has 8 heteroatoms. The Balaban J connectivity index is 1.53. The predicted molar refractivity (Wildman–Crippen MR) is 115 cm³/mol. The Morgan fingerprint density at radius 3 is 2.74 bits per heavy atom. The van der Waals surface area contributed by atoms with E-state index in [4.69, 9.17) is 4.74 Å². The Kier molecular flexibility index (Phi) is 6.36. The fourth-order valence-corrected chi connectivity index (χ4v) is 4.03. The molecule has 4 rings (SSSR count). The molecule has 0 aliphatic heterocycles. The van der Waals surface area contributed by atoms with E-state index in [0.717, 1.165) is 23.9 Å². The second-order valence-electron chi connectivity index (χ2n) is 7.99. The minimum absolute atomic E-state index is 0.0261. The van der Waals surface area contributed by atoms with Crippen molar-refractivity contribution in [3.8, 4) is 5.75 Å². The maximum absolute atomic E-state index is 14.2. The summed E-state index contributed by atoms with van der Waals surface area (Å²) in [6.07, 6.45) is 2.93. The number of imidazole rings is 1. The van der Waals surface area contributed by atoms with Gasteiger partial charge in [-0.3, -0.25) is 0 Å². The molecule has 4 N–H and O–H groups in total. The van der Waals surface area contributed by atoms with Gasteiger partial charge in [0, 0.05) is 12.5 Å². The average molecular weight is 426 g/mol. The van der Waals surface area contributed by atoms with Crippen molar-refractivity contribution < 1.29 is 19.0 Å². The van der Waals surface area contributed by atoms with Crippen LogP contribution in [0.5, 0.6) is 5.75 Å². The molecule has 0 bridgehead atoms. The largest absolute Gasteiger partial charge is 0.494 e. The van der Waals surface area contributed by atoms with E-state index in [-0.39, 0.29) is 23.9 Å². The van der Waals surface area contributed by atoms with Crippen LogP contribution >= 0.6 is 0 Å². The maximum Gasteiger partial charge on any atom is 0.315 e. The number of rotatable bonds is 6. The van der Waals surface area contributed by atoms with Crippen LogP contribution in [0, 0.1) is 5.82 Å². The second kappa shape index (κ2) is 9.34. The van der Waals surface area contributed by atoms with Crippen molar-refractivity contribution in [1.29, 1.82) is 0 Å². The summed E-state index contributed by atoms with van der Waals surface area (Å²) >= 11 is 0. The number of hydrogen-bond acceptors (Lipinski definition) is 4. The quantitative estimate of drug-likeness (QED) is 0.484. The van der Waals surface area contributed by atoms with E-state index in [1.165, 1.54) is 13.2 Å². The number of aliphatic hydroxyl groups is 1. The Morgan fingerprint density at radius 2 is 2.03 bits per heavy atom. The minimum Gasteiger partial charge on any atom is -0.494 e. The number of amides is 2.